The number of aliphatic hydroxyl groups excluding tert-OH is 1. The van der Waals surface area contributed by atoms with E-state index in [1.54, 1.807) is 4.90 Å². The van der Waals surface area contributed by atoms with Gasteiger partial charge in [-0.25, -0.2) is 0 Å². The molecule has 1 rings (SSSR count). The minimum atomic E-state index is -0.391. The van der Waals surface area contributed by atoms with E-state index in [1.165, 1.54) is 0 Å². The molecule has 0 aliphatic carbocycles. The summed E-state index contributed by atoms with van der Waals surface area (Å²) in [5.74, 6) is 0.268. The van der Waals surface area contributed by atoms with E-state index in [9.17, 15) is 4.79 Å². The molecular weight excluding hydrogens is 190 g/mol. The van der Waals surface area contributed by atoms with Crippen molar-refractivity contribution >= 4 is 17.5 Å². The third-order valence-electron chi connectivity index (χ3n) is 2.48. The molecule has 76 valence electrons. The maximum absolute atomic E-state index is 11.6. The van der Waals surface area contributed by atoms with E-state index < -0.39 is 5.38 Å². The van der Waals surface area contributed by atoms with Crippen molar-refractivity contribution < 1.29 is 9.90 Å². The molecule has 3 nitrogen and oxygen atoms in total. The molecule has 0 unspecified atom stereocenters. The van der Waals surface area contributed by atoms with Gasteiger partial charge in [0.1, 0.15) is 5.38 Å². The zero-order valence-corrected chi connectivity index (χ0v) is 8.63. The van der Waals surface area contributed by atoms with Crippen LogP contribution in [0.2, 0.25) is 0 Å². The first-order valence-electron chi connectivity index (χ1n) is 4.72. The summed E-state index contributed by atoms with van der Waals surface area (Å²) in [5, 5.41) is 8.50. The molecule has 4 heteroatoms. The maximum atomic E-state index is 11.6. The van der Waals surface area contributed by atoms with Crippen LogP contribution in [-0.4, -0.2) is 41.0 Å². The van der Waals surface area contributed by atoms with Crippen molar-refractivity contribution in [1.82, 2.24) is 4.90 Å². The Labute approximate surface area is 83.7 Å². The third kappa shape index (κ3) is 2.58. The zero-order valence-electron chi connectivity index (χ0n) is 7.87. The van der Waals surface area contributed by atoms with E-state index in [0.717, 1.165) is 13.0 Å². The summed E-state index contributed by atoms with van der Waals surface area (Å²) in [7, 11) is 0. The Hall–Kier alpha value is -0.280. The highest BCUT2D eigenvalue weighted by Gasteiger charge is 2.28. The fourth-order valence-electron chi connectivity index (χ4n) is 1.55. The number of hydrogen-bond donors (Lipinski definition) is 1. The summed E-state index contributed by atoms with van der Waals surface area (Å²) in [6, 6.07) is 0. The minimum Gasteiger partial charge on any atom is -0.396 e. The molecule has 0 saturated carbocycles. The largest absolute Gasteiger partial charge is 0.396 e. The van der Waals surface area contributed by atoms with Crippen LogP contribution in [0.5, 0.6) is 0 Å². The average molecular weight is 206 g/mol. The predicted molar refractivity (Wildman–Crippen MR) is 51.7 cm³/mol. The van der Waals surface area contributed by atoms with Crippen molar-refractivity contribution in [3.8, 4) is 0 Å². The van der Waals surface area contributed by atoms with Gasteiger partial charge in [0.15, 0.2) is 0 Å². The van der Waals surface area contributed by atoms with Gasteiger partial charge in [-0.15, -0.1) is 11.6 Å². The summed E-state index contributed by atoms with van der Waals surface area (Å²) in [4.78, 5) is 13.3. The number of aliphatic hydroxyl groups is 1. The van der Waals surface area contributed by atoms with Crippen molar-refractivity contribution in [3.05, 3.63) is 0 Å². The molecule has 1 amide bonds. The fourth-order valence-corrected chi connectivity index (χ4v) is 1.69. The summed E-state index contributed by atoms with van der Waals surface area (Å²) in [6.45, 7) is 3.48. The average Bonchev–Trinajstić information content (AvgIpc) is 2.63. The predicted octanol–water partition coefficient (Wildman–Crippen LogP) is 0.845. The first-order chi connectivity index (χ1) is 6.19. The van der Waals surface area contributed by atoms with Gasteiger partial charge in [-0.2, -0.15) is 0 Å². The normalized spacial score (nSPS) is 24.8. The van der Waals surface area contributed by atoms with E-state index >= 15 is 0 Å². The summed E-state index contributed by atoms with van der Waals surface area (Å²) >= 11 is 5.83. The Morgan fingerprint density at radius 3 is 2.92 bits per heavy atom. The van der Waals surface area contributed by atoms with Crippen LogP contribution in [0.3, 0.4) is 0 Å². The summed E-state index contributed by atoms with van der Waals surface area (Å²) in [5.41, 5.74) is 0. The molecule has 1 saturated heterocycles. The fraction of sp³-hybridized carbons (Fsp3) is 0.889. The molecule has 2 atom stereocenters. The lowest BCUT2D eigenvalue weighted by Gasteiger charge is -2.18. The van der Waals surface area contributed by atoms with Gasteiger partial charge in [-0.3, -0.25) is 4.79 Å². The Morgan fingerprint density at radius 2 is 2.46 bits per heavy atom. The molecular formula is C9H16ClNO2. The Morgan fingerprint density at radius 1 is 1.77 bits per heavy atom. The molecule has 1 N–H and O–H groups in total. The molecule has 0 bridgehead atoms. The maximum Gasteiger partial charge on any atom is 0.240 e. The molecule has 0 spiro atoms. The number of carbonyl (C=O) groups is 1. The van der Waals surface area contributed by atoms with Crippen molar-refractivity contribution in [2.45, 2.75) is 25.1 Å². The second kappa shape index (κ2) is 4.82. The first-order valence-corrected chi connectivity index (χ1v) is 5.16. The number of alkyl halides is 1. The van der Waals surface area contributed by atoms with E-state index in [-0.39, 0.29) is 18.4 Å². The highest BCUT2D eigenvalue weighted by atomic mass is 35.5. The standard InChI is InChI=1S/C9H16ClNO2/c1-2-8(10)9(13)11-4-3-7(5-11)6-12/h7-8,12H,2-6H2,1H3/t7-,8-/m1/s1. The van der Waals surface area contributed by atoms with E-state index in [4.69, 9.17) is 16.7 Å². The van der Waals surface area contributed by atoms with Crippen LogP contribution < -0.4 is 0 Å². The SMILES string of the molecule is CC[C@@H](Cl)C(=O)N1CC[C@@H](CO)C1. The van der Waals surface area contributed by atoms with Gasteiger partial charge in [0.2, 0.25) is 5.91 Å². The number of nitrogens with zero attached hydrogens (tertiary/aromatic N) is 1. The summed E-state index contributed by atoms with van der Waals surface area (Å²) < 4.78 is 0. The van der Waals surface area contributed by atoms with Crippen LogP contribution in [0, 0.1) is 5.92 Å². The molecule has 13 heavy (non-hydrogen) atoms. The molecule has 1 heterocycles. The van der Waals surface area contributed by atoms with Crippen LogP contribution in [-0.2, 0) is 4.79 Å². The number of hydrogen-bond acceptors (Lipinski definition) is 2. The number of halogens is 1. The second-order valence-corrected chi connectivity index (χ2v) is 4.02. The molecule has 1 fully saturated rings. The highest BCUT2D eigenvalue weighted by Crippen LogP contribution is 2.18. The Bertz CT molecular complexity index is 186. The van der Waals surface area contributed by atoms with E-state index in [2.05, 4.69) is 0 Å². The molecule has 1 aliphatic rings. The van der Waals surface area contributed by atoms with Gasteiger partial charge in [-0.05, 0) is 12.8 Å². The minimum absolute atomic E-state index is 0.0140. The van der Waals surface area contributed by atoms with Gasteiger partial charge in [-0.1, -0.05) is 6.92 Å². The monoisotopic (exact) mass is 205 g/mol. The molecule has 0 aromatic rings. The van der Waals surface area contributed by atoms with Gasteiger partial charge >= 0.3 is 0 Å². The lowest BCUT2D eigenvalue weighted by atomic mass is 10.1. The number of carbonyl (C=O) groups excluding carboxylic acids is 1. The second-order valence-electron chi connectivity index (χ2n) is 3.50. The smallest absolute Gasteiger partial charge is 0.240 e. The number of rotatable bonds is 3. The van der Waals surface area contributed by atoms with Crippen LogP contribution in [0.15, 0.2) is 0 Å². The van der Waals surface area contributed by atoms with E-state index in [0.29, 0.717) is 13.0 Å². The molecule has 0 radical (unpaired) electrons. The van der Waals surface area contributed by atoms with Crippen molar-refractivity contribution in [2.75, 3.05) is 19.7 Å². The van der Waals surface area contributed by atoms with Crippen LogP contribution in [0.4, 0.5) is 0 Å². The van der Waals surface area contributed by atoms with Crippen LogP contribution >= 0.6 is 11.6 Å². The highest BCUT2D eigenvalue weighted by molar-refractivity contribution is 6.30. The number of likely N-dealkylation sites (tertiary alicyclic amines) is 1. The first kappa shape index (κ1) is 10.8. The molecule has 0 aromatic carbocycles. The van der Waals surface area contributed by atoms with Gasteiger partial charge in [0.05, 0.1) is 0 Å². The van der Waals surface area contributed by atoms with Gasteiger partial charge in [0.25, 0.3) is 0 Å². The Kier molecular flexibility index (Phi) is 4.00. The van der Waals surface area contributed by atoms with E-state index in [1.807, 2.05) is 6.92 Å². The molecule has 1 aliphatic heterocycles. The van der Waals surface area contributed by atoms with Gasteiger partial charge in [0, 0.05) is 25.6 Å². The lowest BCUT2D eigenvalue weighted by Crippen LogP contribution is -2.35. The van der Waals surface area contributed by atoms with Gasteiger partial charge < -0.3 is 10.0 Å². The topological polar surface area (TPSA) is 40.5 Å². The van der Waals surface area contributed by atoms with Crippen molar-refractivity contribution in [2.24, 2.45) is 5.92 Å². The lowest BCUT2D eigenvalue weighted by molar-refractivity contribution is -0.129. The van der Waals surface area contributed by atoms with Crippen molar-refractivity contribution in [1.29, 1.82) is 0 Å². The number of amides is 1. The Balaban J connectivity index is 2.41. The third-order valence-corrected chi connectivity index (χ3v) is 2.98. The zero-order chi connectivity index (χ0) is 9.84. The molecule has 0 aromatic heterocycles. The summed E-state index contributed by atoms with van der Waals surface area (Å²) in [6.07, 6.45) is 1.57. The van der Waals surface area contributed by atoms with Crippen LogP contribution in [0.25, 0.3) is 0 Å². The van der Waals surface area contributed by atoms with Crippen molar-refractivity contribution in [3.63, 3.8) is 0 Å². The van der Waals surface area contributed by atoms with Crippen LogP contribution in [0.1, 0.15) is 19.8 Å². The quantitative estimate of drug-likeness (QED) is 0.694.